The van der Waals surface area contributed by atoms with Gasteiger partial charge in [-0.15, -0.1) is 4.20 Å². The molecule has 1 aliphatic heterocycles. The highest BCUT2D eigenvalue weighted by Gasteiger charge is 2.34. The fourth-order valence-corrected chi connectivity index (χ4v) is 5.59. The molecule has 0 amide bonds. The van der Waals surface area contributed by atoms with Crippen molar-refractivity contribution in [3.05, 3.63) is 57.6 Å². The van der Waals surface area contributed by atoms with E-state index in [0.717, 1.165) is 29.5 Å². The van der Waals surface area contributed by atoms with Gasteiger partial charge in [-0.25, -0.2) is 0 Å². The van der Waals surface area contributed by atoms with E-state index in [1.54, 1.807) is 0 Å². The summed E-state index contributed by atoms with van der Waals surface area (Å²) in [5, 5.41) is 0. The first-order valence-electron chi connectivity index (χ1n) is 12.7. The summed E-state index contributed by atoms with van der Waals surface area (Å²) in [6, 6.07) is 8.84. The van der Waals surface area contributed by atoms with Crippen LogP contribution in [0.2, 0.25) is 0 Å². The number of rotatable bonds is 4. The van der Waals surface area contributed by atoms with E-state index >= 15 is 4.20 Å². The van der Waals surface area contributed by atoms with Gasteiger partial charge in [0.1, 0.15) is 11.5 Å². The minimum atomic E-state index is -2.60. The smallest absolute Gasteiger partial charge is 0.414 e. The molecule has 0 N–H and O–H groups in total. The maximum absolute atomic E-state index is 15.4. The van der Waals surface area contributed by atoms with Crippen LogP contribution in [-0.2, 0) is 23.7 Å². The molecule has 0 aromatic heterocycles. The Morgan fingerprint density at radius 2 is 1.47 bits per heavy atom. The summed E-state index contributed by atoms with van der Waals surface area (Å²) in [7, 11) is -2.60. The quantitative estimate of drug-likeness (QED) is 0.400. The fraction of sp³-hybridized carbons (Fsp3) is 0.600. The van der Waals surface area contributed by atoms with Crippen molar-refractivity contribution in [1.82, 2.24) is 0 Å². The molecule has 0 aliphatic carbocycles. The molecule has 0 saturated carbocycles. The van der Waals surface area contributed by atoms with E-state index in [1.807, 2.05) is 6.07 Å². The molecule has 0 radical (unpaired) electrons. The molecule has 2 unspecified atom stereocenters. The van der Waals surface area contributed by atoms with Gasteiger partial charge in [0.05, 0.1) is 0 Å². The molecule has 2 aromatic carbocycles. The standard InChI is InChI=1S/C30H44FO2P/c1-18(2)12-21-14-24-20(5)27-22(13-19(3)4)16-23(29(6,7)8)17-26(27)32-34(31)33-28(24)25(15-21)30(9,10)11/h14-20H,12-13H2,1-11H3. The average molecular weight is 487 g/mol. The summed E-state index contributed by atoms with van der Waals surface area (Å²) in [6.07, 6.45) is 1.91. The molecule has 188 valence electrons. The number of halogens is 1. The van der Waals surface area contributed by atoms with Crippen LogP contribution in [-0.4, -0.2) is 0 Å². The minimum absolute atomic E-state index is 0.0321. The van der Waals surface area contributed by atoms with Gasteiger partial charge in [0.15, 0.2) is 0 Å². The predicted octanol–water partition coefficient (Wildman–Crippen LogP) is 9.80. The Morgan fingerprint density at radius 3 is 2.00 bits per heavy atom. The third kappa shape index (κ3) is 5.96. The largest absolute Gasteiger partial charge is 0.505 e. The summed E-state index contributed by atoms with van der Waals surface area (Å²) in [5.74, 6) is 2.36. The summed E-state index contributed by atoms with van der Waals surface area (Å²) in [5.41, 5.74) is 6.72. The minimum Gasteiger partial charge on any atom is -0.414 e. The first-order valence-corrected chi connectivity index (χ1v) is 13.8. The molecule has 1 aliphatic rings. The van der Waals surface area contributed by atoms with Gasteiger partial charge in [-0.1, -0.05) is 94.4 Å². The molecule has 4 heteroatoms. The van der Waals surface area contributed by atoms with Gasteiger partial charge < -0.3 is 9.05 Å². The molecule has 2 aromatic rings. The molecule has 1 heterocycles. The van der Waals surface area contributed by atoms with Crippen LogP contribution in [0.5, 0.6) is 11.5 Å². The van der Waals surface area contributed by atoms with Crippen molar-refractivity contribution in [2.24, 2.45) is 11.8 Å². The SMILES string of the molecule is CC(C)Cc1cc2c(c(C(C)(C)C)c1)OP(F)Oc1cc(C(C)(C)C)cc(CC(C)C)c1C2C. The molecule has 0 fully saturated rings. The Hall–Kier alpha value is -1.60. The van der Waals surface area contributed by atoms with Gasteiger partial charge in [0.2, 0.25) is 0 Å². The van der Waals surface area contributed by atoms with Crippen LogP contribution in [0, 0.1) is 11.8 Å². The molecular weight excluding hydrogens is 442 g/mol. The van der Waals surface area contributed by atoms with Gasteiger partial charge in [0.25, 0.3) is 0 Å². The Labute approximate surface area is 208 Å². The molecule has 2 atom stereocenters. The zero-order chi connectivity index (χ0) is 25.6. The van der Waals surface area contributed by atoms with Crippen molar-refractivity contribution in [3.8, 4) is 11.5 Å². The van der Waals surface area contributed by atoms with Gasteiger partial charge >= 0.3 is 8.69 Å². The van der Waals surface area contributed by atoms with Gasteiger partial charge in [-0.05, 0) is 58.3 Å². The number of hydrogen-bond acceptors (Lipinski definition) is 2. The molecule has 0 spiro atoms. The van der Waals surface area contributed by atoms with Gasteiger partial charge in [0, 0.05) is 22.6 Å². The van der Waals surface area contributed by atoms with Crippen molar-refractivity contribution < 1.29 is 13.2 Å². The highest BCUT2D eigenvalue weighted by atomic mass is 31.2. The monoisotopic (exact) mass is 486 g/mol. The van der Waals surface area contributed by atoms with Gasteiger partial charge in [-0.3, -0.25) is 0 Å². The van der Waals surface area contributed by atoms with Crippen LogP contribution in [0.4, 0.5) is 4.20 Å². The number of hydrogen-bond donors (Lipinski definition) is 0. The highest BCUT2D eigenvalue weighted by molar-refractivity contribution is 7.42. The molecule has 3 rings (SSSR count). The lowest BCUT2D eigenvalue weighted by Crippen LogP contribution is -2.19. The van der Waals surface area contributed by atoms with Gasteiger partial charge in [-0.2, -0.15) is 0 Å². The summed E-state index contributed by atoms with van der Waals surface area (Å²) >= 11 is 0. The van der Waals surface area contributed by atoms with E-state index in [0.29, 0.717) is 23.3 Å². The molecule has 0 bridgehead atoms. The second-order valence-electron chi connectivity index (χ2n) is 12.9. The van der Waals surface area contributed by atoms with Crippen molar-refractivity contribution in [1.29, 1.82) is 0 Å². The summed E-state index contributed by atoms with van der Waals surface area (Å²) in [6.45, 7) is 24.3. The maximum atomic E-state index is 15.4. The van der Waals surface area contributed by atoms with Crippen LogP contribution in [0.1, 0.15) is 115 Å². The van der Waals surface area contributed by atoms with Crippen LogP contribution in [0.15, 0.2) is 24.3 Å². The lowest BCUT2D eigenvalue weighted by Gasteiger charge is -2.33. The van der Waals surface area contributed by atoms with Crippen LogP contribution in [0.3, 0.4) is 0 Å². The average Bonchev–Trinajstić information content (AvgIpc) is 2.64. The predicted molar refractivity (Wildman–Crippen MR) is 144 cm³/mol. The van der Waals surface area contributed by atoms with E-state index in [4.69, 9.17) is 9.05 Å². The zero-order valence-electron chi connectivity index (χ0n) is 23.1. The van der Waals surface area contributed by atoms with E-state index < -0.39 is 8.69 Å². The first kappa shape index (κ1) is 27.0. The third-order valence-electron chi connectivity index (χ3n) is 6.58. The third-order valence-corrected chi connectivity index (χ3v) is 7.25. The summed E-state index contributed by atoms with van der Waals surface area (Å²) in [4.78, 5) is 0. The molecular formula is C30H44FO2P. The van der Waals surface area contributed by atoms with Crippen LogP contribution >= 0.6 is 8.69 Å². The second-order valence-corrected chi connectivity index (χ2v) is 13.7. The van der Waals surface area contributed by atoms with Crippen molar-refractivity contribution in [3.63, 3.8) is 0 Å². The Morgan fingerprint density at radius 1 is 0.853 bits per heavy atom. The number of benzene rings is 2. The van der Waals surface area contributed by atoms with E-state index in [1.165, 1.54) is 16.7 Å². The van der Waals surface area contributed by atoms with E-state index in [-0.39, 0.29) is 16.7 Å². The first-order chi connectivity index (χ1) is 15.6. The van der Waals surface area contributed by atoms with Crippen LogP contribution in [0.25, 0.3) is 0 Å². The Bertz CT molecular complexity index is 1010. The lowest BCUT2D eigenvalue weighted by atomic mass is 9.77. The van der Waals surface area contributed by atoms with Crippen molar-refractivity contribution in [2.75, 3.05) is 0 Å². The zero-order valence-corrected chi connectivity index (χ0v) is 24.0. The normalized spacial score (nSPS) is 18.6. The lowest BCUT2D eigenvalue weighted by molar-refractivity contribution is 0.412. The Balaban J connectivity index is 2.34. The van der Waals surface area contributed by atoms with Crippen molar-refractivity contribution in [2.45, 2.75) is 106 Å². The topological polar surface area (TPSA) is 18.5 Å². The van der Waals surface area contributed by atoms with Crippen LogP contribution < -0.4 is 9.05 Å². The highest BCUT2D eigenvalue weighted by Crippen LogP contribution is 2.54. The van der Waals surface area contributed by atoms with E-state index in [9.17, 15) is 0 Å². The van der Waals surface area contributed by atoms with E-state index in [2.05, 4.69) is 94.4 Å². The number of fused-ring (bicyclic) bond motifs is 2. The Kier molecular flexibility index (Phi) is 7.79. The molecule has 0 saturated heterocycles. The van der Waals surface area contributed by atoms with Crippen molar-refractivity contribution >= 4 is 8.69 Å². The summed E-state index contributed by atoms with van der Waals surface area (Å²) < 4.78 is 27.4. The molecule has 2 nitrogen and oxygen atoms in total. The fourth-order valence-electron chi connectivity index (χ4n) is 4.90. The molecule has 34 heavy (non-hydrogen) atoms. The second kappa shape index (κ2) is 9.81. The maximum Gasteiger partial charge on any atom is 0.505 e.